The lowest BCUT2D eigenvalue weighted by atomic mass is 10.8. The van der Waals surface area contributed by atoms with Gasteiger partial charge in [0.1, 0.15) is 0 Å². The zero-order valence-corrected chi connectivity index (χ0v) is 8.73. The quantitative estimate of drug-likeness (QED) is 0.645. The first-order chi connectivity index (χ1) is 4.98. The minimum Gasteiger partial charge on any atom is -0.519 e. The van der Waals surface area contributed by atoms with Gasteiger partial charge < -0.3 is 9.74 Å². The van der Waals surface area contributed by atoms with Crippen LogP contribution in [0.15, 0.2) is 0 Å². The molecular weight excluding hydrogens is 158 g/mol. The molecule has 0 aromatic heterocycles. The van der Waals surface area contributed by atoms with E-state index in [0.717, 1.165) is 12.7 Å². The molecule has 0 aromatic carbocycles. The Kier molecular flexibility index (Phi) is 4.36. The summed E-state index contributed by atoms with van der Waals surface area (Å²) in [4.78, 5) is 10.6. The lowest BCUT2D eigenvalue weighted by molar-refractivity contribution is -0.132. The van der Waals surface area contributed by atoms with Crippen molar-refractivity contribution in [1.29, 1.82) is 0 Å². The van der Waals surface area contributed by atoms with Gasteiger partial charge in [0.25, 0.3) is 14.3 Å². The number of hydrogen-bond acceptors (Lipinski definition) is 3. The van der Waals surface area contributed by atoms with Crippen LogP contribution in [-0.2, 0) is 9.22 Å². The monoisotopic (exact) mass is 175 g/mol. The minimum atomic E-state index is -1.75. The molecule has 0 aromatic rings. The maximum Gasteiger partial charge on any atom is 0.289 e. The van der Waals surface area contributed by atoms with Gasteiger partial charge in [0, 0.05) is 13.1 Å². The first kappa shape index (κ1) is 10.6. The fourth-order valence-electron chi connectivity index (χ4n) is 0.851. The smallest absolute Gasteiger partial charge is 0.289 e. The molecule has 11 heavy (non-hydrogen) atoms. The van der Waals surface area contributed by atoms with E-state index in [-0.39, 0.29) is 5.97 Å². The van der Waals surface area contributed by atoms with Crippen molar-refractivity contribution < 1.29 is 9.22 Å². The van der Waals surface area contributed by atoms with Crippen molar-refractivity contribution in [2.24, 2.45) is 0 Å². The molecule has 0 heterocycles. The molecular formula is C7H17NO2Si. The summed E-state index contributed by atoms with van der Waals surface area (Å²) in [7, 11) is -1.75. The zero-order chi connectivity index (χ0) is 8.91. The first-order valence-electron chi connectivity index (χ1n) is 3.88. The molecule has 0 bridgehead atoms. The molecule has 0 saturated carbocycles. The fourth-order valence-corrected chi connectivity index (χ4v) is 2.55. The Labute approximate surface area is 69.3 Å². The van der Waals surface area contributed by atoms with Crippen molar-refractivity contribution >= 4 is 14.3 Å². The molecule has 0 amide bonds. The molecule has 0 radical (unpaired) electrons. The molecule has 66 valence electrons. The summed E-state index contributed by atoms with van der Waals surface area (Å²) < 4.78 is 5.18. The van der Waals surface area contributed by atoms with Gasteiger partial charge in [0.15, 0.2) is 0 Å². The standard InChI is InChI=1S/C7H17NO2Si/c1-5-8-6-11(3,4)10-7(2)9/h8H,5-6H2,1-4H3. The van der Waals surface area contributed by atoms with Gasteiger partial charge in [-0.2, -0.15) is 0 Å². The Morgan fingerprint density at radius 1 is 1.55 bits per heavy atom. The normalized spacial score (nSPS) is 11.3. The summed E-state index contributed by atoms with van der Waals surface area (Å²) >= 11 is 0. The lowest BCUT2D eigenvalue weighted by Crippen LogP contribution is -2.43. The summed E-state index contributed by atoms with van der Waals surface area (Å²) in [5.74, 6) is -0.167. The van der Waals surface area contributed by atoms with Crippen LogP contribution in [0.3, 0.4) is 0 Å². The third kappa shape index (κ3) is 6.06. The average Bonchev–Trinajstić information content (AvgIpc) is 1.81. The Hall–Kier alpha value is -0.353. The molecule has 0 aliphatic rings. The van der Waals surface area contributed by atoms with Crippen molar-refractivity contribution in [1.82, 2.24) is 5.32 Å². The summed E-state index contributed by atoms with van der Waals surface area (Å²) in [5.41, 5.74) is 0. The molecule has 0 spiro atoms. The molecule has 0 aliphatic carbocycles. The largest absolute Gasteiger partial charge is 0.519 e. The van der Waals surface area contributed by atoms with Gasteiger partial charge >= 0.3 is 0 Å². The molecule has 0 rings (SSSR count). The second-order valence-corrected chi connectivity index (χ2v) is 7.21. The first-order valence-corrected chi connectivity index (χ1v) is 7.00. The highest BCUT2D eigenvalue weighted by atomic mass is 28.4. The van der Waals surface area contributed by atoms with E-state index in [2.05, 4.69) is 5.32 Å². The zero-order valence-electron chi connectivity index (χ0n) is 7.73. The van der Waals surface area contributed by atoms with Gasteiger partial charge in [-0.3, -0.25) is 4.79 Å². The van der Waals surface area contributed by atoms with E-state index in [0.29, 0.717) is 0 Å². The molecule has 1 N–H and O–H groups in total. The van der Waals surface area contributed by atoms with E-state index in [1.807, 2.05) is 20.0 Å². The van der Waals surface area contributed by atoms with Crippen LogP contribution in [0.2, 0.25) is 13.1 Å². The molecule has 0 unspecified atom stereocenters. The van der Waals surface area contributed by atoms with Crippen molar-refractivity contribution in [2.75, 3.05) is 12.7 Å². The molecule has 4 heteroatoms. The van der Waals surface area contributed by atoms with E-state index < -0.39 is 8.32 Å². The Bertz CT molecular complexity index is 136. The van der Waals surface area contributed by atoms with Crippen molar-refractivity contribution in [2.45, 2.75) is 26.9 Å². The van der Waals surface area contributed by atoms with Crippen LogP contribution in [0.4, 0.5) is 0 Å². The van der Waals surface area contributed by atoms with E-state index in [1.54, 1.807) is 0 Å². The molecule has 3 nitrogen and oxygen atoms in total. The van der Waals surface area contributed by atoms with Gasteiger partial charge in [0.05, 0.1) is 0 Å². The predicted octanol–water partition coefficient (Wildman–Crippen LogP) is 0.903. The van der Waals surface area contributed by atoms with Crippen molar-refractivity contribution in [3.63, 3.8) is 0 Å². The van der Waals surface area contributed by atoms with Crippen LogP contribution < -0.4 is 5.32 Å². The summed E-state index contributed by atoms with van der Waals surface area (Å²) in [6, 6.07) is 0. The number of carbonyl (C=O) groups is 1. The van der Waals surface area contributed by atoms with Crippen LogP contribution in [0.5, 0.6) is 0 Å². The Balaban J connectivity index is 3.70. The minimum absolute atomic E-state index is 0.167. The van der Waals surface area contributed by atoms with Crippen molar-refractivity contribution in [3.05, 3.63) is 0 Å². The van der Waals surface area contributed by atoms with E-state index in [4.69, 9.17) is 4.43 Å². The van der Waals surface area contributed by atoms with Gasteiger partial charge in [-0.15, -0.1) is 0 Å². The number of hydrogen-bond donors (Lipinski definition) is 1. The number of rotatable bonds is 4. The highest BCUT2D eigenvalue weighted by molar-refractivity contribution is 6.72. The fraction of sp³-hybridized carbons (Fsp3) is 0.857. The second-order valence-electron chi connectivity index (χ2n) is 3.13. The predicted molar refractivity (Wildman–Crippen MR) is 47.8 cm³/mol. The van der Waals surface area contributed by atoms with Crippen LogP contribution >= 0.6 is 0 Å². The van der Waals surface area contributed by atoms with Gasteiger partial charge in [-0.1, -0.05) is 6.92 Å². The average molecular weight is 175 g/mol. The SMILES string of the molecule is CCNC[Si](C)(C)OC(C)=O. The molecule has 0 saturated heterocycles. The summed E-state index contributed by atoms with van der Waals surface area (Å²) in [5, 5.41) is 3.18. The third-order valence-electron chi connectivity index (χ3n) is 1.22. The molecule has 0 fully saturated rings. The maximum atomic E-state index is 10.6. The van der Waals surface area contributed by atoms with E-state index in [1.165, 1.54) is 6.92 Å². The van der Waals surface area contributed by atoms with Gasteiger partial charge in [0.2, 0.25) is 0 Å². The number of carbonyl (C=O) groups excluding carboxylic acids is 1. The van der Waals surface area contributed by atoms with Crippen LogP contribution in [0.1, 0.15) is 13.8 Å². The summed E-state index contributed by atoms with van der Waals surface area (Å²) in [6.07, 6.45) is 0.836. The maximum absolute atomic E-state index is 10.6. The number of nitrogens with one attached hydrogen (secondary N) is 1. The highest BCUT2D eigenvalue weighted by Gasteiger charge is 2.24. The molecule has 0 atom stereocenters. The summed E-state index contributed by atoms with van der Waals surface area (Å²) in [6.45, 7) is 8.48. The topological polar surface area (TPSA) is 38.3 Å². The third-order valence-corrected chi connectivity index (χ3v) is 3.16. The lowest BCUT2D eigenvalue weighted by Gasteiger charge is -2.21. The van der Waals surface area contributed by atoms with Crippen LogP contribution in [-0.4, -0.2) is 27.0 Å². The van der Waals surface area contributed by atoms with E-state index >= 15 is 0 Å². The van der Waals surface area contributed by atoms with Crippen molar-refractivity contribution in [3.8, 4) is 0 Å². The van der Waals surface area contributed by atoms with Crippen LogP contribution in [0, 0.1) is 0 Å². The van der Waals surface area contributed by atoms with E-state index in [9.17, 15) is 4.79 Å². The van der Waals surface area contributed by atoms with Crippen LogP contribution in [0.25, 0.3) is 0 Å². The Morgan fingerprint density at radius 3 is 2.45 bits per heavy atom. The second kappa shape index (κ2) is 4.51. The van der Waals surface area contributed by atoms with Gasteiger partial charge in [-0.05, 0) is 19.6 Å². The van der Waals surface area contributed by atoms with Gasteiger partial charge in [-0.25, -0.2) is 0 Å². The Morgan fingerprint density at radius 2 is 2.09 bits per heavy atom. The highest BCUT2D eigenvalue weighted by Crippen LogP contribution is 2.02. The molecule has 0 aliphatic heterocycles.